The molecule has 3 amide bonds. The average Bonchev–Trinajstić information content (AvgIpc) is 3.30. The van der Waals surface area contributed by atoms with E-state index in [0.29, 0.717) is 18.7 Å². The Balaban J connectivity index is 1.71. The van der Waals surface area contributed by atoms with Crippen LogP contribution in [0.1, 0.15) is 44.1 Å². The lowest BCUT2D eigenvalue weighted by molar-refractivity contribution is -0.127. The first-order valence-corrected chi connectivity index (χ1v) is 10.1. The summed E-state index contributed by atoms with van der Waals surface area (Å²) in [5.41, 5.74) is 0.604. The van der Waals surface area contributed by atoms with Crippen LogP contribution < -0.4 is 16.0 Å². The minimum absolute atomic E-state index is 0.0935. The Bertz CT molecular complexity index is 965. The minimum Gasteiger partial charge on any atom is -0.356 e. The van der Waals surface area contributed by atoms with E-state index in [1.807, 2.05) is 45.0 Å². The highest BCUT2D eigenvalue weighted by atomic mass is 16.2. The molecule has 1 saturated heterocycles. The topological polar surface area (TPSA) is 127 Å². The van der Waals surface area contributed by atoms with Crippen LogP contribution in [0.4, 0.5) is 0 Å². The Labute approximate surface area is 175 Å². The van der Waals surface area contributed by atoms with Crippen molar-refractivity contribution < 1.29 is 14.4 Å². The molecule has 0 unspecified atom stereocenters. The number of para-hydroxylation sites is 1. The Kier molecular flexibility index (Phi) is 6.11. The van der Waals surface area contributed by atoms with Gasteiger partial charge in [-0.05, 0) is 30.4 Å². The predicted molar refractivity (Wildman–Crippen MR) is 112 cm³/mol. The van der Waals surface area contributed by atoms with Gasteiger partial charge in [0.25, 0.3) is 5.91 Å². The molecule has 0 saturated carbocycles. The first-order valence-electron chi connectivity index (χ1n) is 10.1. The molecule has 30 heavy (non-hydrogen) atoms. The van der Waals surface area contributed by atoms with E-state index in [9.17, 15) is 19.6 Å². The van der Waals surface area contributed by atoms with Crippen LogP contribution in [0.3, 0.4) is 0 Å². The summed E-state index contributed by atoms with van der Waals surface area (Å²) in [6.07, 6.45) is 0.896. The van der Waals surface area contributed by atoms with Crippen LogP contribution in [0.15, 0.2) is 30.3 Å². The molecule has 0 radical (unpaired) electrons. The van der Waals surface area contributed by atoms with Gasteiger partial charge >= 0.3 is 0 Å². The van der Waals surface area contributed by atoms with E-state index in [4.69, 9.17) is 0 Å². The highest BCUT2D eigenvalue weighted by Crippen LogP contribution is 2.22. The number of benzene rings is 1. The monoisotopic (exact) mass is 409 g/mol. The molecular formula is C22H27N5O3. The molecule has 4 N–H and O–H groups in total. The van der Waals surface area contributed by atoms with Gasteiger partial charge in [0.15, 0.2) is 0 Å². The number of aromatic amines is 1. The summed E-state index contributed by atoms with van der Waals surface area (Å²) in [7, 11) is 0. The first-order chi connectivity index (χ1) is 14.2. The number of amides is 3. The number of carbonyl (C=O) groups is 3. The van der Waals surface area contributed by atoms with E-state index in [1.165, 1.54) is 0 Å². The molecule has 1 fully saturated rings. The first kappa shape index (κ1) is 21.4. The maximum Gasteiger partial charge on any atom is 0.268 e. The molecule has 8 nitrogen and oxygen atoms in total. The Morgan fingerprint density at radius 2 is 2.00 bits per heavy atom. The second-order valence-electron chi connectivity index (χ2n) is 8.75. The molecule has 0 aliphatic carbocycles. The molecule has 158 valence electrons. The molecule has 1 aliphatic rings. The molecule has 1 aromatic heterocycles. The molecule has 2 heterocycles. The van der Waals surface area contributed by atoms with Gasteiger partial charge in [0, 0.05) is 23.4 Å². The largest absolute Gasteiger partial charge is 0.356 e. The van der Waals surface area contributed by atoms with Crippen molar-refractivity contribution in [3.05, 3.63) is 36.0 Å². The van der Waals surface area contributed by atoms with Gasteiger partial charge < -0.3 is 20.9 Å². The third kappa shape index (κ3) is 4.79. The van der Waals surface area contributed by atoms with Crippen LogP contribution >= 0.6 is 0 Å². The van der Waals surface area contributed by atoms with Crippen molar-refractivity contribution in [2.75, 3.05) is 6.54 Å². The molecule has 8 heteroatoms. The van der Waals surface area contributed by atoms with Crippen LogP contribution in [0.2, 0.25) is 0 Å². The van der Waals surface area contributed by atoms with E-state index in [1.54, 1.807) is 6.07 Å². The van der Waals surface area contributed by atoms with Gasteiger partial charge in [-0.1, -0.05) is 39.0 Å². The number of rotatable bonds is 6. The highest BCUT2D eigenvalue weighted by Gasteiger charge is 2.35. The van der Waals surface area contributed by atoms with Gasteiger partial charge in [-0.3, -0.25) is 14.4 Å². The maximum atomic E-state index is 13.0. The molecule has 0 bridgehead atoms. The quantitative estimate of drug-likeness (QED) is 0.581. The lowest BCUT2D eigenvalue weighted by Crippen LogP contribution is -2.55. The van der Waals surface area contributed by atoms with Crippen molar-refractivity contribution in [1.29, 1.82) is 5.26 Å². The SMILES string of the molecule is CC(C)(C)[C@H](NC(=O)c1cc2ccccc2[nH]1)C(=O)N[C@H](C#N)C[C@@H]1CCNC1=O. The van der Waals surface area contributed by atoms with Crippen LogP contribution in [0, 0.1) is 22.7 Å². The zero-order valence-electron chi connectivity index (χ0n) is 17.4. The summed E-state index contributed by atoms with van der Waals surface area (Å²) in [5, 5.41) is 18.6. The van der Waals surface area contributed by atoms with Crippen molar-refractivity contribution in [2.24, 2.45) is 11.3 Å². The summed E-state index contributed by atoms with van der Waals surface area (Å²) < 4.78 is 0. The van der Waals surface area contributed by atoms with E-state index in [2.05, 4.69) is 27.0 Å². The van der Waals surface area contributed by atoms with E-state index < -0.39 is 29.3 Å². The van der Waals surface area contributed by atoms with Crippen LogP contribution in [-0.2, 0) is 9.59 Å². The van der Waals surface area contributed by atoms with E-state index >= 15 is 0 Å². The highest BCUT2D eigenvalue weighted by molar-refractivity contribution is 6.00. The fourth-order valence-corrected chi connectivity index (χ4v) is 3.63. The molecule has 1 aromatic carbocycles. The molecule has 3 rings (SSSR count). The Morgan fingerprint density at radius 3 is 2.60 bits per heavy atom. The third-order valence-electron chi connectivity index (χ3n) is 5.33. The lowest BCUT2D eigenvalue weighted by Gasteiger charge is -2.31. The smallest absolute Gasteiger partial charge is 0.268 e. The fourth-order valence-electron chi connectivity index (χ4n) is 3.63. The zero-order valence-corrected chi connectivity index (χ0v) is 17.4. The van der Waals surface area contributed by atoms with Crippen molar-refractivity contribution in [1.82, 2.24) is 20.9 Å². The third-order valence-corrected chi connectivity index (χ3v) is 5.33. The molecule has 0 spiro atoms. The van der Waals surface area contributed by atoms with Gasteiger partial charge in [-0.2, -0.15) is 5.26 Å². The number of nitrogens with one attached hydrogen (secondary N) is 4. The summed E-state index contributed by atoms with van der Waals surface area (Å²) in [6, 6.07) is 9.66. The van der Waals surface area contributed by atoms with Gasteiger partial charge in [-0.15, -0.1) is 0 Å². The normalized spacial score (nSPS) is 18.3. The number of hydrogen-bond acceptors (Lipinski definition) is 4. The summed E-state index contributed by atoms with van der Waals surface area (Å²) >= 11 is 0. The number of hydrogen-bond donors (Lipinski definition) is 4. The zero-order chi connectivity index (χ0) is 21.9. The Morgan fingerprint density at radius 1 is 1.27 bits per heavy atom. The molecular weight excluding hydrogens is 382 g/mol. The average molecular weight is 409 g/mol. The Hall–Kier alpha value is -3.34. The second kappa shape index (κ2) is 8.57. The fraction of sp³-hybridized carbons (Fsp3) is 0.455. The second-order valence-corrected chi connectivity index (χ2v) is 8.75. The van der Waals surface area contributed by atoms with Gasteiger partial charge in [0.2, 0.25) is 11.8 Å². The number of nitriles is 1. The van der Waals surface area contributed by atoms with Crippen LogP contribution in [-0.4, -0.2) is 41.3 Å². The van der Waals surface area contributed by atoms with Crippen LogP contribution in [0.5, 0.6) is 0 Å². The van der Waals surface area contributed by atoms with Crippen LogP contribution in [0.25, 0.3) is 10.9 Å². The number of H-pyrrole nitrogens is 1. The van der Waals surface area contributed by atoms with Gasteiger partial charge in [0.05, 0.1) is 6.07 Å². The minimum atomic E-state index is -0.857. The summed E-state index contributed by atoms with van der Waals surface area (Å²) in [5.74, 6) is -1.23. The summed E-state index contributed by atoms with van der Waals surface area (Å²) in [4.78, 5) is 40.6. The molecule has 2 aromatic rings. The maximum absolute atomic E-state index is 13.0. The number of nitrogens with zero attached hydrogens (tertiary/aromatic N) is 1. The van der Waals surface area contributed by atoms with Gasteiger partial charge in [0.1, 0.15) is 17.8 Å². The molecule has 1 aliphatic heterocycles. The number of aromatic nitrogens is 1. The van der Waals surface area contributed by atoms with Crippen molar-refractivity contribution in [3.63, 3.8) is 0 Å². The summed E-state index contributed by atoms with van der Waals surface area (Å²) in [6.45, 7) is 6.11. The van der Waals surface area contributed by atoms with Crippen molar-refractivity contribution in [3.8, 4) is 6.07 Å². The van der Waals surface area contributed by atoms with Crippen molar-refractivity contribution in [2.45, 2.75) is 45.7 Å². The molecule has 3 atom stereocenters. The number of carbonyl (C=O) groups excluding carboxylic acids is 3. The van der Waals surface area contributed by atoms with E-state index in [-0.39, 0.29) is 18.2 Å². The number of fused-ring (bicyclic) bond motifs is 1. The standard InChI is InChI=1S/C22H27N5O3/c1-22(2,3)18(21(30)25-15(12-23)10-14-8-9-24-19(14)28)27-20(29)17-11-13-6-4-5-7-16(13)26-17/h4-7,11,14-15,18,26H,8-10H2,1-3H3,(H,24,28)(H,25,30)(H,27,29)/t14-,15-,18+/m0/s1. The van der Waals surface area contributed by atoms with E-state index in [0.717, 1.165) is 10.9 Å². The lowest BCUT2D eigenvalue weighted by atomic mass is 9.85. The van der Waals surface area contributed by atoms with Crippen molar-refractivity contribution >= 4 is 28.6 Å². The predicted octanol–water partition coefficient (Wildman–Crippen LogP) is 1.85. The van der Waals surface area contributed by atoms with Gasteiger partial charge in [-0.25, -0.2) is 0 Å².